The Morgan fingerprint density at radius 2 is 2.00 bits per heavy atom. The molecule has 1 aromatic carbocycles. The van der Waals surface area contributed by atoms with E-state index in [1.807, 2.05) is 0 Å². The first-order chi connectivity index (χ1) is 9.09. The molecule has 0 unspecified atom stereocenters. The summed E-state index contributed by atoms with van der Waals surface area (Å²) in [6.45, 7) is 0. The zero-order chi connectivity index (χ0) is 13.5. The van der Waals surface area contributed by atoms with Crippen LogP contribution in [0.2, 0.25) is 0 Å². The van der Waals surface area contributed by atoms with E-state index in [0.717, 1.165) is 18.4 Å². The molecule has 19 heavy (non-hydrogen) atoms. The number of amides is 2. The second-order valence-electron chi connectivity index (χ2n) is 5.24. The van der Waals surface area contributed by atoms with Gasteiger partial charge in [0, 0.05) is 6.42 Å². The first kappa shape index (κ1) is 12.1. The van der Waals surface area contributed by atoms with Crippen molar-refractivity contribution in [3.05, 3.63) is 35.6 Å². The summed E-state index contributed by atoms with van der Waals surface area (Å²) < 4.78 is 12.9. The van der Waals surface area contributed by atoms with E-state index in [4.69, 9.17) is 0 Å². The number of halogens is 1. The summed E-state index contributed by atoms with van der Waals surface area (Å²) in [5, 5.41) is 5.64. The van der Waals surface area contributed by atoms with Gasteiger partial charge in [0.25, 0.3) is 0 Å². The van der Waals surface area contributed by atoms with Crippen LogP contribution in [0, 0.1) is 5.82 Å². The fourth-order valence-electron chi connectivity index (χ4n) is 2.51. The lowest BCUT2D eigenvalue weighted by atomic mass is 10.0. The molecule has 100 valence electrons. The van der Waals surface area contributed by atoms with Crippen LogP contribution in [0.4, 0.5) is 4.39 Å². The highest BCUT2D eigenvalue weighted by Crippen LogP contribution is 2.45. The molecule has 2 N–H and O–H groups in total. The molecule has 1 saturated heterocycles. The maximum atomic E-state index is 12.9. The summed E-state index contributed by atoms with van der Waals surface area (Å²) in [6, 6.07) is 5.79. The number of benzene rings is 1. The van der Waals surface area contributed by atoms with Gasteiger partial charge in [-0.2, -0.15) is 0 Å². The molecule has 0 radical (unpaired) electrons. The fraction of sp³-hybridized carbons (Fsp3) is 0.429. The summed E-state index contributed by atoms with van der Waals surface area (Å²) in [5.41, 5.74) is 0.560. The minimum atomic E-state index is -0.426. The van der Waals surface area contributed by atoms with Crippen LogP contribution in [0.15, 0.2) is 24.3 Å². The number of nitrogens with one attached hydrogen (secondary N) is 2. The van der Waals surface area contributed by atoms with Crippen molar-refractivity contribution in [1.82, 2.24) is 10.6 Å². The number of rotatable bonds is 3. The van der Waals surface area contributed by atoms with Gasteiger partial charge in [-0.05, 0) is 37.0 Å². The molecule has 0 bridgehead atoms. The highest BCUT2D eigenvalue weighted by atomic mass is 19.1. The smallest absolute Gasteiger partial charge is 0.243 e. The van der Waals surface area contributed by atoms with Gasteiger partial charge in [0.1, 0.15) is 11.9 Å². The Bertz CT molecular complexity index is 523. The number of carbonyl (C=O) groups is 2. The van der Waals surface area contributed by atoms with Crippen molar-refractivity contribution in [2.75, 3.05) is 0 Å². The van der Waals surface area contributed by atoms with Gasteiger partial charge in [-0.3, -0.25) is 9.59 Å². The Balaban J connectivity index is 1.70. The molecule has 1 aliphatic carbocycles. The molecule has 1 atom stereocenters. The summed E-state index contributed by atoms with van der Waals surface area (Å²) in [5.74, 6) is -0.506. The van der Waals surface area contributed by atoms with Crippen molar-refractivity contribution in [2.24, 2.45) is 0 Å². The first-order valence-electron chi connectivity index (χ1n) is 6.46. The van der Waals surface area contributed by atoms with E-state index in [1.54, 1.807) is 12.1 Å². The monoisotopic (exact) mass is 262 g/mol. The highest BCUT2D eigenvalue weighted by molar-refractivity contribution is 5.91. The molecular formula is C14H15FN2O2. The molecule has 0 spiro atoms. The standard InChI is InChI=1S/C14H15FN2O2/c15-10-3-1-9(2-4-10)14(7-8-14)17-13(19)11-5-6-12(18)16-11/h1-4,11H,5-8H2,(H,16,18)(H,17,19)/t11-/m0/s1. The van der Waals surface area contributed by atoms with E-state index < -0.39 is 6.04 Å². The van der Waals surface area contributed by atoms with Crippen molar-refractivity contribution in [2.45, 2.75) is 37.3 Å². The summed E-state index contributed by atoms with van der Waals surface area (Å²) >= 11 is 0. The Morgan fingerprint density at radius 1 is 1.32 bits per heavy atom. The maximum Gasteiger partial charge on any atom is 0.243 e. The van der Waals surface area contributed by atoms with Gasteiger partial charge in [0.15, 0.2) is 0 Å². The SMILES string of the molecule is O=C1CC[C@@H](C(=O)NC2(c3ccc(F)cc3)CC2)N1. The Hall–Kier alpha value is -1.91. The third-order valence-corrected chi connectivity index (χ3v) is 3.82. The van der Waals surface area contributed by atoms with Crippen molar-refractivity contribution < 1.29 is 14.0 Å². The first-order valence-corrected chi connectivity index (χ1v) is 6.46. The van der Waals surface area contributed by atoms with E-state index in [0.29, 0.717) is 12.8 Å². The van der Waals surface area contributed by atoms with Gasteiger partial charge in [-0.25, -0.2) is 4.39 Å². The lowest BCUT2D eigenvalue weighted by Gasteiger charge is -2.20. The molecule has 2 fully saturated rings. The topological polar surface area (TPSA) is 58.2 Å². The molecule has 1 aliphatic heterocycles. The Kier molecular flexibility index (Phi) is 2.77. The van der Waals surface area contributed by atoms with Gasteiger partial charge in [0.2, 0.25) is 11.8 Å². The Labute approximate surface area is 110 Å². The lowest BCUT2D eigenvalue weighted by Crippen LogP contribution is -2.46. The van der Waals surface area contributed by atoms with E-state index >= 15 is 0 Å². The number of hydrogen-bond acceptors (Lipinski definition) is 2. The molecule has 5 heteroatoms. The van der Waals surface area contributed by atoms with Gasteiger partial charge in [-0.15, -0.1) is 0 Å². The van der Waals surface area contributed by atoms with E-state index in [-0.39, 0.29) is 23.2 Å². The number of carbonyl (C=O) groups excluding carboxylic acids is 2. The molecule has 1 heterocycles. The van der Waals surface area contributed by atoms with E-state index in [2.05, 4.69) is 10.6 Å². The van der Waals surface area contributed by atoms with Crippen LogP contribution >= 0.6 is 0 Å². The predicted octanol–water partition coefficient (Wildman–Crippen LogP) is 1.21. The second-order valence-corrected chi connectivity index (χ2v) is 5.24. The summed E-state index contributed by atoms with van der Waals surface area (Å²) in [7, 11) is 0. The maximum absolute atomic E-state index is 12.9. The van der Waals surface area contributed by atoms with Gasteiger partial charge in [0.05, 0.1) is 5.54 Å². The molecule has 4 nitrogen and oxygen atoms in total. The zero-order valence-corrected chi connectivity index (χ0v) is 10.4. The number of hydrogen-bond donors (Lipinski definition) is 2. The molecule has 1 saturated carbocycles. The highest BCUT2D eigenvalue weighted by Gasteiger charge is 2.46. The van der Waals surface area contributed by atoms with Crippen LogP contribution in [0.25, 0.3) is 0 Å². The molecule has 3 rings (SSSR count). The third kappa shape index (κ3) is 2.32. The van der Waals surface area contributed by atoms with E-state index in [1.165, 1.54) is 12.1 Å². The van der Waals surface area contributed by atoms with Crippen molar-refractivity contribution >= 4 is 11.8 Å². The van der Waals surface area contributed by atoms with Crippen LogP contribution < -0.4 is 10.6 Å². The van der Waals surface area contributed by atoms with Crippen LogP contribution in [-0.4, -0.2) is 17.9 Å². The average Bonchev–Trinajstić information content (AvgIpc) is 3.03. The van der Waals surface area contributed by atoms with Crippen LogP contribution in [0.3, 0.4) is 0 Å². The Morgan fingerprint density at radius 3 is 2.53 bits per heavy atom. The second kappa shape index (κ2) is 4.33. The van der Waals surface area contributed by atoms with E-state index in [9.17, 15) is 14.0 Å². The molecule has 1 aromatic rings. The normalized spacial score (nSPS) is 23.8. The summed E-state index contributed by atoms with van der Waals surface area (Å²) in [6.07, 6.45) is 2.65. The quantitative estimate of drug-likeness (QED) is 0.860. The third-order valence-electron chi connectivity index (χ3n) is 3.82. The molecule has 2 amide bonds. The van der Waals surface area contributed by atoms with Gasteiger partial charge >= 0.3 is 0 Å². The van der Waals surface area contributed by atoms with Crippen molar-refractivity contribution in [3.8, 4) is 0 Å². The largest absolute Gasteiger partial charge is 0.345 e. The zero-order valence-electron chi connectivity index (χ0n) is 10.4. The minimum absolute atomic E-state index is 0.0771. The van der Waals surface area contributed by atoms with Gasteiger partial charge < -0.3 is 10.6 Å². The van der Waals surface area contributed by atoms with Gasteiger partial charge in [-0.1, -0.05) is 12.1 Å². The summed E-state index contributed by atoms with van der Waals surface area (Å²) in [4.78, 5) is 23.2. The van der Waals surface area contributed by atoms with Crippen LogP contribution in [0.1, 0.15) is 31.2 Å². The fourth-order valence-corrected chi connectivity index (χ4v) is 2.51. The van der Waals surface area contributed by atoms with Crippen molar-refractivity contribution in [1.29, 1.82) is 0 Å². The lowest BCUT2D eigenvalue weighted by molar-refractivity contribution is -0.126. The molecule has 2 aliphatic rings. The minimum Gasteiger partial charge on any atom is -0.345 e. The van der Waals surface area contributed by atoms with Crippen molar-refractivity contribution in [3.63, 3.8) is 0 Å². The molecule has 0 aromatic heterocycles. The predicted molar refractivity (Wildman–Crippen MR) is 66.6 cm³/mol. The molecular weight excluding hydrogens is 247 g/mol. The van der Waals surface area contributed by atoms with Crippen LogP contribution in [0.5, 0.6) is 0 Å². The van der Waals surface area contributed by atoms with Crippen LogP contribution in [-0.2, 0) is 15.1 Å². The average molecular weight is 262 g/mol.